The Labute approximate surface area is 73.0 Å². The summed E-state index contributed by atoms with van der Waals surface area (Å²) in [5, 5.41) is 0. The van der Waals surface area contributed by atoms with E-state index in [1.807, 2.05) is 20.8 Å². The van der Waals surface area contributed by atoms with Gasteiger partial charge in [0.25, 0.3) is 0 Å². The van der Waals surface area contributed by atoms with Crippen LogP contribution in [0.25, 0.3) is 0 Å². The van der Waals surface area contributed by atoms with E-state index in [2.05, 4.69) is 6.58 Å². The highest BCUT2D eigenvalue weighted by atomic mass is 16.6. The maximum Gasteiger partial charge on any atom is 0.410 e. The van der Waals surface area contributed by atoms with E-state index in [1.54, 1.807) is 4.90 Å². The first-order chi connectivity index (χ1) is 5.38. The van der Waals surface area contributed by atoms with Gasteiger partial charge in [0.15, 0.2) is 0 Å². The van der Waals surface area contributed by atoms with Gasteiger partial charge in [-0.15, -0.1) is 0 Å². The minimum atomic E-state index is -0.395. The summed E-state index contributed by atoms with van der Waals surface area (Å²) >= 11 is 0. The quantitative estimate of drug-likeness (QED) is 0.517. The van der Waals surface area contributed by atoms with Gasteiger partial charge >= 0.3 is 6.09 Å². The number of likely N-dealkylation sites (tertiary alicyclic amines) is 1. The van der Waals surface area contributed by atoms with Gasteiger partial charge in [0.05, 0.1) is 0 Å². The van der Waals surface area contributed by atoms with Crippen LogP contribution in [0.1, 0.15) is 20.8 Å². The highest BCUT2D eigenvalue weighted by Gasteiger charge is 2.28. The van der Waals surface area contributed by atoms with Crippen LogP contribution in [0.4, 0.5) is 4.79 Å². The van der Waals surface area contributed by atoms with Gasteiger partial charge < -0.3 is 9.64 Å². The molecule has 0 N–H and O–H groups in total. The highest BCUT2D eigenvalue weighted by molar-refractivity contribution is 5.70. The summed E-state index contributed by atoms with van der Waals surface area (Å²) in [6.07, 6.45) is -0.241. The molecule has 1 saturated heterocycles. The van der Waals surface area contributed by atoms with Crippen LogP contribution in [0.3, 0.4) is 0 Å². The lowest BCUT2D eigenvalue weighted by Gasteiger charge is -2.34. The van der Waals surface area contributed by atoms with Gasteiger partial charge in [0.1, 0.15) is 5.60 Å². The topological polar surface area (TPSA) is 29.5 Å². The van der Waals surface area contributed by atoms with Crippen molar-refractivity contribution in [3.63, 3.8) is 0 Å². The molecule has 68 valence electrons. The van der Waals surface area contributed by atoms with E-state index >= 15 is 0 Å². The monoisotopic (exact) mass is 169 g/mol. The number of carbonyl (C=O) groups excluding carboxylic acids is 1. The molecule has 0 aromatic heterocycles. The molecule has 1 heterocycles. The zero-order valence-electron chi connectivity index (χ0n) is 7.89. The fourth-order valence-corrected chi connectivity index (χ4v) is 0.949. The molecule has 12 heavy (non-hydrogen) atoms. The molecule has 1 amide bonds. The van der Waals surface area contributed by atoms with Crippen LogP contribution in [-0.4, -0.2) is 29.7 Å². The van der Waals surface area contributed by atoms with Crippen molar-refractivity contribution in [3.8, 4) is 0 Å². The second-order valence-corrected chi connectivity index (χ2v) is 4.09. The number of amides is 1. The molecule has 0 aromatic rings. The largest absolute Gasteiger partial charge is 0.444 e. The molecule has 0 aliphatic carbocycles. The van der Waals surface area contributed by atoms with Crippen LogP contribution < -0.4 is 0 Å². The van der Waals surface area contributed by atoms with Crippen molar-refractivity contribution >= 4 is 6.09 Å². The van der Waals surface area contributed by atoms with E-state index in [1.165, 1.54) is 0 Å². The summed E-state index contributed by atoms with van der Waals surface area (Å²) in [7, 11) is 0. The molecule has 3 heteroatoms. The number of carbonyl (C=O) groups is 1. The molecule has 0 bridgehead atoms. The second kappa shape index (κ2) is 2.81. The summed E-state index contributed by atoms with van der Waals surface area (Å²) in [5.41, 5.74) is 0.689. The minimum Gasteiger partial charge on any atom is -0.444 e. The Morgan fingerprint density at radius 2 is 2.00 bits per heavy atom. The third-order valence-corrected chi connectivity index (χ3v) is 1.48. The van der Waals surface area contributed by atoms with Crippen LogP contribution >= 0.6 is 0 Å². The third-order valence-electron chi connectivity index (χ3n) is 1.48. The second-order valence-electron chi connectivity index (χ2n) is 4.09. The molecular weight excluding hydrogens is 154 g/mol. The predicted octanol–water partition coefficient (Wildman–Crippen LogP) is 1.79. The maximum absolute atomic E-state index is 11.2. The van der Waals surface area contributed by atoms with Crippen LogP contribution in [0.5, 0.6) is 0 Å². The lowest BCUT2D eigenvalue weighted by Crippen LogP contribution is -2.46. The van der Waals surface area contributed by atoms with Crippen molar-refractivity contribution in [3.05, 3.63) is 12.2 Å². The lowest BCUT2D eigenvalue weighted by molar-refractivity contribution is 0.0215. The third kappa shape index (κ3) is 2.26. The van der Waals surface area contributed by atoms with E-state index in [4.69, 9.17) is 4.74 Å². The first-order valence-corrected chi connectivity index (χ1v) is 4.03. The molecule has 0 spiro atoms. The van der Waals surface area contributed by atoms with Gasteiger partial charge in [0, 0.05) is 13.1 Å². The Morgan fingerprint density at radius 3 is 2.33 bits per heavy atom. The predicted molar refractivity (Wildman–Crippen MR) is 46.9 cm³/mol. The fraction of sp³-hybridized carbons (Fsp3) is 0.667. The van der Waals surface area contributed by atoms with Crippen LogP contribution in [0.15, 0.2) is 12.2 Å². The molecule has 0 unspecified atom stereocenters. The van der Waals surface area contributed by atoms with Crippen LogP contribution in [-0.2, 0) is 4.74 Å². The highest BCUT2D eigenvalue weighted by Crippen LogP contribution is 2.16. The van der Waals surface area contributed by atoms with Gasteiger partial charge in [-0.1, -0.05) is 6.58 Å². The number of hydrogen-bond acceptors (Lipinski definition) is 2. The number of nitrogens with zero attached hydrogens (tertiary/aromatic N) is 1. The Bertz CT molecular complexity index is 207. The van der Waals surface area contributed by atoms with E-state index in [0.29, 0.717) is 13.1 Å². The van der Waals surface area contributed by atoms with Crippen molar-refractivity contribution < 1.29 is 9.53 Å². The number of hydrogen-bond donors (Lipinski definition) is 0. The normalized spacial score (nSPS) is 17.2. The van der Waals surface area contributed by atoms with Gasteiger partial charge in [-0.25, -0.2) is 4.79 Å². The standard InChI is InChI=1S/C9H15NO2/c1-7-5-10(6-7)8(11)12-9(2,3)4/h1,5-6H2,2-4H3. The Morgan fingerprint density at radius 1 is 1.50 bits per heavy atom. The molecular formula is C9H15NO2. The smallest absolute Gasteiger partial charge is 0.410 e. The molecule has 1 aliphatic heterocycles. The Kier molecular flexibility index (Phi) is 2.13. The molecule has 1 fully saturated rings. The van der Waals surface area contributed by atoms with E-state index < -0.39 is 5.60 Å². The molecule has 1 aliphatic rings. The molecule has 1 rings (SSSR count). The first kappa shape index (κ1) is 9.10. The summed E-state index contributed by atoms with van der Waals surface area (Å²) in [4.78, 5) is 12.9. The summed E-state index contributed by atoms with van der Waals surface area (Å²) in [6, 6.07) is 0. The number of ether oxygens (including phenoxy) is 1. The van der Waals surface area contributed by atoms with E-state index in [0.717, 1.165) is 5.57 Å². The van der Waals surface area contributed by atoms with Crippen molar-refractivity contribution in [2.45, 2.75) is 26.4 Å². The van der Waals surface area contributed by atoms with E-state index in [9.17, 15) is 4.79 Å². The molecule has 0 aromatic carbocycles. The average molecular weight is 169 g/mol. The average Bonchev–Trinajstić information content (AvgIpc) is 1.76. The molecule has 0 atom stereocenters. The van der Waals surface area contributed by atoms with Gasteiger partial charge in [-0.05, 0) is 26.3 Å². The van der Waals surface area contributed by atoms with Crippen molar-refractivity contribution in [1.29, 1.82) is 0 Å². The summed E-state index contributed by atoms with van der Waals surface area (Å²) in [6.45, 7) is 10.6. The van der Waals surface area contributed by atoms with Gasteiger partial charge in [-0.2, -0.15) is 0 Å². The first-order valence-electron chi connectivity index (χ1n) is 4.03. The van der Waals surface area contributed by atoms with Gasteiger partial charge in [-0.3, -0.25) is 0 Å². The van der Waals surface area contributed by atoms with Crippen molar-refractivity contribution in [2.24, 2.45) is 0 Å². The van der Waals surface area contributed by atoms with Gasteiger partial charge in [0.2, 0.25) is 0 Å². The number of rotatable bonds is 0. The zero-order chi connectivity index (χ0) is 9.35. The Balaban J connectivity index is 2.35. The summed E-state index contributed by atoms with van der Waals surface area (Å²) in [5.74, 6) is 0. The Hall–Kier alpha value is -0.990. The maximum atomic E-state index is 11.2. The van der Waals surface area contributed by atoms with Crippen LogP contribution in [0, 0.1) is 0 Å². The molecule has 0 radical (unpaired) electrons. The lowest BCUT2D eigenvalue weighted by atomic mass is 10.1. The minimum absolute atomic E-state index is 0.241. The van der Waals surface area contributed by atoms with Crippen LogP contribution in [0.2, 0.25) is 0 Å². The SMILES string of the molecule is C=C1CN(C(=O)OC(C)(C)C)C1. The van der Waals surface area contributed by atoms with Crippen molar-refractivity contribution in [1.82, 2.24) is 4.90 Å². The zero-order valence-corrected chi connectivity index (χ0v) is 7.89. The fourth-order valence-electron chi connectivity index (χ4n) is 0.949. The molecule has 0 saturated carbocycles. The van der Waals surface area contributed by atoms with Crippen molar-refractivity contribution in [2.75, 3.05) is 13.1 Å². The van der Waals surface area contributed by atoms with E-state index in [-0.39, 0.29) is 6.09 Å². The molecule has 3 nitrogen and oxygen atoms in total. The summed E-state index contributed by atoms with van der Waals surface area (Å²) < 4.78 is 5.14.